The van der Waals surface area contributed by atoms with Gasteiger partial charge in [0, 0.05) is 16.1 Å². The zero-order valence-corrected chi connectivity index (χ0v) is 14.7. The minimum atomic E-state index is -0.0914. The Morgan fingerprint density at radius 2 is 2.05 bits per heavy atom. The SMILES string of the molecule is CC(C)c1nc2c(I)c[nH]c(=O)c2c2cc(Br)ccc12. The standard InChI is InChI=1S/C15H12BrIN2O/c1-7(2)13-9-4-3-8(16)5-10(9)12-14(19-13)11(17)6-18-15(12)20/h3-7H,1-2H3,(H,18,20). The van der Waals surface area contributed by atoms with Crippen molar-refractivity contribution < 1.29 is 0 Å². The molecule has 0 spiro atoms. The van der Waals surface area contributed by atoms with Crippen LogP contribution in [0.2, 0.25) is 0 Å². The Labute approximate surface area is 138 Å². The van der Waals surface area contributed by atoms with Gasteiger partial charge in [0.15, 0.2) is 0 Å². The van der Waals surface area contributed by atoms with Crippen molar-refractivity contribution in [1.82, 2.24) is 9.97 Å². The predicted octanol–water partition coefficient (Wildman–Crippen LogP) is 4.57. The summed E-state index contributed by atoms with van der Waals surface area (Å²) >= 11 is 5.70. The molecule has 102 valence electrons. The summed E-state index contributed by atoms with van der Waals surface area (Å²) in [6.45, 7) is 4.24. The molecule has 3 rings (SSSR count). The van der Waals surface area contributed by atoms with E-state index in [4.69, 9.17) is 4.98 Å². The van der Waals surface area contributed by atoms with Crippen molar-refractivity contribution in [2.24, 2.45) is 0 Å². The number of aromatic amines is 1. The van der Waals surface area contributed by atoms with Crippen LogP contribution in [0.25, 0.3) is 21.7 Å². The van der Waals surface area contributed by atoms with Crippen LogP contribution in [0.5, 0.6) is 0 Å². The second-order valence-electron chi connectivity index (χ2n) is 5.03. The highest BCUT2D eigenvalue weighted by molar-refractivity contribution is 14.1. The topological polar surface area (TPSA) is 45.8 Å². The maximum atomic E-state index is 12.2. The van der Waals surface area contributed by atoms with E-state index in [2.05, 4.69) is 57.4 Å². The number of halogens is 2. The average Bonchev–Trinajstić information content (AvgIpc) is 2.41. The molecule has 0 bridgehead atoms. The zero-order valence-electron chi connectivity index (χ0n) is 11.0. The molecular formula is C15H12BrIN2O. The maximum Gasteiger partial charge on any atom is 0.258 e. The highest BCUT2D eigenvalue weighted by atomic mass is 127. The van der Waals surface area contributed by atoms with Crippen LogP contribution < -0.4 is 5.56 Å². The minimum Gasteiger partial charge on any atom is -0.327 e. The normalized spacial score (nSPS) is 11.7. The molecule has 0 aliphatic carbocycles. The summed E-state index contributed by atoms with van der Waals surface area (Å²) in [5.41, 5.74) is 1.72. The summed E-state index contributed by atoms with van der Waals surface area (Å²) in [6.07, 6.45) is 1.71. The quantitative estimate of drug-likeness (QED) is 0.443. The first kappa shape index (κ1) is 14.0. The van der Waals surface area contributed by atoms with Crippen molar-refractivity contribution in [3.05, 3.63) is 48.5 Å². The lowest BCUT2D eigenvalue weighted by atomic mass is 9.99. The van der Waals surface area contributed by atoms with Crippen LogP contribution in [-0.4, -0.2) is 9.97 Å². The molecule has 1 N–H and O–H groups in total. The van der Waals surface area contributed by atoms with Crippen molar-refractivity contribution in [3.63, 3.8) is 0 Å². The molecule has 0 saturated carbocycles. The van der Waals surface area contributed by atoms with E-state index < -0.39 is 0 Å². The van der Waals surface area contributed by atoms with Crippen LogP contribution in [-0.2, 0) is 0 Å². The van der Waals surface area contributed by atoms with E-state index in [0.29, 0.717) is 11.3 Å². The second kappa shape index (κ2) is 5.11. The van der Waals surface area contributed by atoms with Crippen LogP contribution in [0.1, 0.15) is 25.5 Å². The minimum absolute atomic E-state index is 0.0914. The molecule has 0 aliphatic heterocycles. The van der Waals surface area contributed by atoms with Crippen LogP contribution in [0, 0.1) is 3.57 Å². The van der Waals surface area contributed by atoms with Crippen LogP contribution in [0.15, 0.2) is 33.7 Å². The molecule has 1 aromatic carbocycles. The molecule has 3 aromatic rings. The Bertz CT molecular complexity index is 886. The Morgan fingerprint density at radius 1 is 1.30 bits per heavy atom. The van der Waals surface area contributed by atoms with E-state index in [1.807, 2.05) is 18.2 Å². The zero-order chi connectivity index (χ0) is 14.4. The number of benzene rings is 1. The molecule has 0 unspecified atom stereocenters. The molecule has 2 aromatic heterocycles. The Hall–Kier alpha value is -0.950. The third-order valence-electron chi connectivity index (χ3n) is 3.33. The molecule has 0 aliphatic rings. The molecule has 2 heterocycles. The second-order valence-corrected chi connectivity index (χ2v) is 7.11. The molecular weight excluding hydrogens is 431 g/mol. The van der Waals surface area contributed by atoms with Gasteiger partial charge >= 0.3 is 0 Å². The third kappa shape index (κ3) is 2.16. The number of pyridine rings is 2. The van der Waals surface area contributed by atoms with E-state index in [-0.39, 0.29) is 5.56 Å². The fourth-order valence-electron chi connectivity index (χ4n) is 2.42. The van der Waals surface area contributed by atoms with Crippen molar-refractivity contribution >= 4 is 60.2 Å². The summed E-state index contributed by atoms with van der Waals surface area (Å²) in [7, 11) is 0. The molecule has 20 heavy (non-hydrogen) atoms. The lowest BCUT2D eigenvalue weighted by Crippen LogP contribution is -2.09. The number of rotatable bonds is 1. The van der Waals surface area contributed by atoms with Gasteiger partial charge in [0.05, 0.1) is 20.2 Å². The van der Waals surface area contributed by atoms with Gasteiger partial charge in [-0.1, -0.05) is 35.8 Å². The van der Waals surface area contributed by atoms with Crippen molar-refractivity contribution in [3.8, 4) is 0 Å². The van der Waals surface area contributed by atoms with E-state index in [1.54, 1.807) is 6.20 Å². The number of fused-ring (bicyclic) bond motifs is 3. The van der Waals surface area contributed by atoms with Gasteiger partial charge in [-0.25, -0.2) is 0 Å². The highest BCUT2D eigenvalue weighted by Crippen LogP contribution is 2.31. The molecule has 0 atom stereocenters. The highest BCUT2D eigenvalue weighted by Gasteiger charge is 2.15. The van der Waals surface area contributed by atoms with E-state index in [1.165, 1.54) is 0 Å². The number of hydrogen-bond acceptors (Lipinski definition) is 2. The van der Waals surface area contributed by atoms with Gasteiger partial charge in [0.25, 0.3) is 5.56 Å². The summed E-state index contributed by atoms with van der Waals surface area (Å²) in [6, 6.07) is 6.01. The summed E-state index contributed by atoms with van der Waals surface area (Å²) < 4.78 is 1.92. The van der Waals surface area contributed by atoms with Gasteiger partial charge in [-0.05, 0) is 46.0 Å². The molecule has 5 heteroatoms. The van der Waals surface area contributed by atoms with Crippen molar-refractivity contribution in [2.75, 3.05) is 0 Å². The van der Waals surface area contributed by atoms with Gasteiger partial charge < -0.3 is 4.98 Å². The first-order valence-electron chi connectivity index (χ1n) is 6.29. The van der Waals surface area contributed by atoms with Crippen LogP contribution in [0.3, 0.4) is 0 Å². The van der Waals surface area contributed by atoms with Gasteiger partial charge in [-0.3, -0.25) is 9.78 Å². The number of aromatic nitrogens is 2. The molecule has 0 saturated heterocycles. The number of nitrogens with zero attached hydrogens (tertiary/aromatic N) is 1. The summed E-state index contributed by atoms with van der Waals surface area (Å²) in [5.74, 6) is 0.304. The summed E-state index contributed by atoms with van der Waals surface area (Å²) in [4.78, 5) is 19.8. The van der Waals surface area contributed by atoms with Gasteiger partial charge in [0.2, 0.25) is 0 Å². The average molecular weight is 443 g/mol. The smallest absolute Gasteiger partial charge is 0.258 e. The van der Waals surface area contributed by atoms with Crippen LogP contribution >= 0.6 is 38.5 Å². The molecule has 0 fully saturated rings. The van der Waals surface area contributed by atoms with Crippen LogP contribution in [0.4, 0.5) is 0 Å². The molecule has 0 radical (unpaired) electrons. The fourth-order valence-corrected chi connectivity index (χ4v) is 3.33. The fraction of sp³-hybridized carbons (Fsp3) is 0.200. The van der Waals surface area contributed by atoms with Gasteiger partial charge in [-0.15, -0.1) is 0 Å². The third-order valence-corrected chi connectivity index (χ3v) is 4.64. The monoisotopic (exact) mass is 442 g/mol. The lowest BCUT2D eigenvalue weighted by Gasteiger charge is -2.12. The van der Waals surface area contributed by atoms with E-state index >= 15 is 0 Å². The van der Waals surface area contributed by atoms with Crippen molar-refractivity contribution in [2.45, 2.75) is 19.8 Å². The number of nitrogens with one attached hydrogen (secondary N) is 1. The Morgan fingerprint density at radius 3 is 2.75 bits per heavy atom. The maximum absolute atomic E-state index is 12.2. The lowest BCUT2D eigenvalue weighted by molar-refractivity contribution is 0.840. The van der Waals surface area contributed by atoms with E-state index in [0.717, 1.165) is 30.0 Å². The largest absolute Gasteiger partial charge is 0.327 e. The Kier molecular flexibility index (Phi) is 3.58. The molecule has 3 nitrogen and oxygen atoms in total. The van der Waals surface area contributed by atoms with Gasteiger partial charge in [-0.2, -0.15) is 0 Å². The van der Waals surface area contributed by atoms with Gasteiger partial charge in [0.1, 0.15) is 0 Å². The predicted molar refractivity (Wildman–Crippen MR) is 94.4 cm³/mol. The number of H-pyrrole nitrogens is 1. The number of hydrogen-bond donors (Lipinski definition) is 1. The van der Waals surface area contributed by atoms with Crippen molar-refractivity contribution in [1.29, 1.82) is 0 Å². The first-order valence-corrected chi connectivity index (χ1v) is 8.16. The first-order chi connectivity index (χ1) is 9.49. The summed E-state index contributed by atoms with van der Waals surface area (Å²) in [5, 5.41) is 2.66. The van der Waals surface area contributed by atoms with E-state index in [9.17, 15) is 4.79 Å². The molecule has 0 amide bonds. The Balaban J connectivity index is 2.66.